The Hall–Kier alpha value is -3.73. The second-order valence-electron chi connectivity index (χ2n) is 6.91. The minimum atomic E-state index is 0.716. The highest BCUT2D eigenvalue weighted by atomic mass is 16.5. The number of rotatable bonds is 5. The molecule has 144 valence electrons. The Morgan fingerprint density at radius 2 is 1.59 bits per heavy atom. The molecule has 5 rings (SSSR count). The van der Waals surface area contributed by atoms with Crippen molar-refractivity contribution < 1.29 is 14.2 Å². The van der Waals surface area contributed by atoms with Crippen LogP contribution in [-0.2, 0) is 6.42 Å². The first-order valence-corrected chi connectivity index (χ1v) is 9.42. The normalized spacial score (nSPS) is 11.7. The number of hydrogen-bond donors (Lipinski definition) is 1. The third kappa shape index (κ3) is 3.01. The summed E-state index contributed by atoms with van der Waals surface area (Å²) in [5.41, 5.74) is 6.46. The third-order valence-corrected chi connectivity index (χ3v) is 5.20. The number of hydrogen-bond acceptors (Lipinski definition) is 4. The summed E-state index contributed by atoms with van der Waals surface area (Å²) in [5, 5.41) is 7.81. The van der Waals surface area contributed by atoms with E-state index >= 15 is 0 Å². The molecular weight excluding hydrogens is 364 g/mol. The van der Waals surface area contributed by atoms with Crippen molar-refractivity contribution in [1.82, 2.24) is 10.2 Å². The summed E-state index contributed by atoms with van der Waals surface area (Å²) < 4.78 is 16.9. The zero-order valence-corrected chi connectivity index (χ0v) is 16.2. The van der Waals surface area contributed by atoms with E-state index in [4.69, 9.17) is 14.2 Å². The van der Waals surface area contributed by atoms with E-state index < -0.39 is 0 Å². The Bertz CT molecular complexity index is 1180. The van der Waals surface area contributed by atoms with Gasteiger partial charge in [-0.2, -0.15) is 5.10 Å². The molecule has 0 amide bonds. The molecule has 0 atom stereocenters. The summed E-state index contributed by atoms with van der Waals surface area (Å²) >= 11 is 0. The van der Waals surface area contributed by atoms with Crippen molar-refractivity contribution in [3.63, 3.8) is 0 Å². The van der Waals surface area contributed by atoms with Crippen molar-refractivity contribution in [3.05, 3.63) is 77.9 Å². The molecule has 0 saturated heterocycles. The summed E-state index contributed by atoms with van der Waals surface area (Å²) in [5.74, 6) is 3.05. The molecule has 5 nitrogen and oxygen atoms in total. The average molecular weight is 384 g/mol. The molecule has 5 heteroatoms. The molecule has 0 saturated carbocycles. The lowest BCUT2D eigenvalue weighted by atomic mass is 10.1. The van der Waals surface area contributed by atoms with E-state index in [1.165, 1.54) is 11.1 Å². The number of nitrogens with one attached hydrogen (secondary N) is 1. The van der Waals surface area contributed by atoms with Crippen LogP contribution >= 0.6 is 0 Å². The predicted molar refractivity (Wildman–Crippen MR) is 112 cm³/mol. The molecule has 1 aliphatic carbocycles. The molecule has 1 aromatic heterocycles. The van der Waals surface area contributed by atoms with Gasteiger partial charge in [0.15, 0.2) is 11.5 Å². The topological polar surface area (TPSA) is 56.4 Å². The van der Waals surface area contributed by atoms with Gasteiger partial charge in [-0.15, -0.1) is 0 Å². The zero-order valence-electron chi connectivity index (χ0n) is 16.2. The third-order valence-electron chi connectivity index (χ3n) is 5.20. The van der Waals surface area contributed by atoms with Gasteiger partial charge >= 0.3 is 0 Å². The van der Waals surface area contributed by atoms with E-state index in [1.807, 2.05) is 60.7 Å². The maximum atomic E-state index is 5.99. The lowest BCUT2D eigenvalue weighted by molar-refractivity contribution is 0.355. The van der Waals surface area contributed by atoms with E-state index in [9.17, 15) is 0 Å². The largest absolute Gasteiger partial charge is 0.493 e. The van der Waals surface area contributed by atoms with Crippen LogP contribution in [0.5, 0.6) is 23.0 Å². The van der Waals surface area contributed by atoms with Crippen molar-refractivity contribution in [1.29, 1.82) is 0 Å². The quantitative estimate of drug-likeness (QED) is 0.437. The fourth-order valence-corrected chi connectivity index (χ4v) is 3.82. The Morgan fingerprint density at radius 1 is 0.828 bits per heavy atom. The van der Waals surface area contributed by atoms with Gasteiger partial charge in [0, 0.05) is 23.1 Å². The number of aromatic amines is 1. The minimum Gasteiger partial charge on any atom is -0.493 e. The van der Waals surface area contributed by atoms with Crippen molar-refractivity contribution >= 4 is 0 Å². The number of aromatic nitrogens is 2. The summed E-state index contributed by atoms with van der Waals surface area (Å²) in [4.78, 5) is 0. The van der Waals surface area contributed by atoms with E-state index in [2.05, 4.69) is 16.3 Å². The van der Waals surface area contributed by atoms with Gasteiger partial charge in [-0.05, 0) is 42.0 Å². The van der Waals surface area contributed by atoms with E-state index in [0.717, 1.165) is 46.2 Å². The predicted octanol–water partition coefficient (Wildman–Crippen LogP) is 5.46. The molecule has 3 aromatic carbocycles. The van der Waals surface area contributed by atoms with Gasteiger partial charge in [0.1, 0.15) is 11.5 Å². The van der Waals surface area contributed by atoms with Crippen LogP contribution in [0.4, 0.5) is 0 Å². The molecular formula is C24H20N2O3. The Kier molecular flexibility index (Phi) is 4.21. The van der Waals surface area contributed by atoms with Crippen molar-refractivity contribution in [2.24, 2.45) is 0 Å². The smallest absolute Gasteiger partial charge is 0.161 e. The Balaban J connectivity index is 1.51. The number of fused-ring (bicyclic) bond motifs is 3. The fraction of sp³-hybridized carbons (Fsp3) is 0.125. The second-order valence-corrected chi connectivity index (χ2v) is 6.91. The Labute approximate surface area is 168 Å². The number of methoxy groups -OCH3 is 2. The lowest BCUT2D eigenvalue weighted by Crippen LogP contribution is -1.93. The molecule has 1 aliphatic rings. The van der Waals surface area contributed by atoms with Gasteiger partial charge < -0.3 is 14.2 Å². The number of para-hydroxylation sites is 1. The van der Waals surface area contributed by atoms with Crippen LogP contribution in [0.15, 0.2) is 66.7 Å². The van der Waals surface area contributed by atoms with Crippen molar-refractivity contribution in [2.45, 2.75) is 6.42 Å². The van der Waals surface area contributed by atoms with Crippen molar-refractivity contribution in [3.8, 4) is 45.5 Å². The Morgan fingerprint density at radius 3 is 2.38 bits per heavy atom. The molecule has 0 bridgehead atoms. The van der Waals surface area contributed by atoms with Crippen LogP contribution in [0.25, 0.3) is 22.5 Å². The molecule has 0 fully saturated rings. The maximum absolute atomic E-state index is 5.99. The van der Waals surface area contributed by atoms with Gasteiger partial charge in [0.2, 0.25) is 0 Å². The second kappa shape index (κ2) is 7.02. The highest BCUT2D eigenvalue weighted by Gasteiger charge is 2.27. The maximum Gasteiger partial charge on any atom is 0.161 e. The molecule has 1 heterocycles. The van der Waals surface area contributed by atoms with Gasteiger partial charge in [0.05, 0.1) is 25.6 Å². The summed E-state index contributed by atoms with van der Waals surface area (Å²) in [6.07, 6.45) is 0.792. The fourth-order valence-electron chi connectivity index (χ4n) is 3.82. The van der Waals surface area contributed by atoms with E-state index in [1.54, 1.807) is 14.2 Å². The van der Waals surface area contributed by atoms with E-state index in [0.29, 0.717) is 5.75 Å². The average Bonchev–Trinajstić information content (AvgIpc) is 3.32. The molecule has 4 aromatic rings. The highest BCUT2D eigenvalue weighted by Crippen LogP contribution is 2.44. The standard InChI is InChI=1S/C24H20N2O3/c1-27-21-13-16-12-20-23(25-26-24(20)19(16)14-22(21)28-2)15-7-6-10-18(11-15)29-17-8-4-3-5-9-17/h3-11,13-14H,12H2,1-2H3,(H,25,26). The molecule has 29 heavy (non-hydrogen) atoms. The van der Waals surface area contributed by atoms with Crippen LogP contribution < -0.4 is 14.2 Å². The summed E-state index contributed by atoms with van der Waals surface area (Å²) in [7, 11) is 3.31. The molecule has 0 radical (unpaired) electrons. The SMILES string of the molecule is COc1cc2c(cc1OC)-c1[nH]nc(-c3cccc(Oc4ccccc4)c3)c1C2. The number of nitrogens with zero attached hydrogens (tertiary/aromatic N) is 1. The van der Waals surface area contributed by atoms with Crippen LogP contribution in [0.1, 0.15) is 11.1 Å². The number of H-pyrrole nitrogens is 1. The first-order chi connectivity index (χ1) is 14.3. The summed E-state index contributed by atoms with van der Waals surface area (Å²) in [6, 6.07) is 21.8. The van der Waals surface area contributed by atoms with Crippen LogP contribution in [-0.4, -0.2) is 24.4 Å². The lowest BCUT2D eigenvalue weighted by Gasteiger charge is -2.10. The molecule has 0 unspecified atom stereocenters. The first-order valence-electron chi connectivity index (χ1n) is 9.42. The first kappa shape index (κ1) is 17.4. The molecule has 0 aliphatic heterocycles. The highest BCUT2D eigenvalue weighted by molar-refractivity contribution is 5.83. The van der Waals surface area contributed by atoms with Crippen molar-refractivity contribution in [2.75, 3.05) is 14.2 Å². The monoisotopic (exact) mass is 384 g/mol. The molecule has 0 spiro atoms. The summed E-state index contributed by atoms with van der Waals surface area (Å²) in [6.45, 7) is 0. The number of benzene rings is 3. The zero-order chi connectivity index (χ0) is 19.8. The van der Waals surface area contributed by atoms with Gasteiger partial charge in [-0.1, -0.05) is 30.3 Å². The van der Waals surface area contributed by atoms with Crippen LogP contribution in [0.3, 0.4) is 0 Å². The van der Waals surface area contributed by atoms with Gasteiger partial charge in [0.25, 0.3) is 0 Å². The van der Waals surface area contributed by atoms with E-state index in [-0.39, 0.29) is 0 Å². The molecule has 1 N–H and O–H groups in total. The van der Waals surface area contributed by atoms with Gasteiger partial charge in [-0.3, -0.25) is 5.10 Å². The van der Waals surface area contributed by atoms with Crippen LogP contribution in [0, 0.1) is 0 Å². The van der Waals surface area contributed by atoms with Crippen LogP contribution in [0.2, 0.25) is 0 Å². The van der Waals surface area contributed by atoms with Gasteiger partial charge in [-0.25, -0.2) is 0 Å². The number of ether oxygens (including phenoxy) is 3. The minimum absolute atomic E-state index is 0.716.